The SMILES string of the molecule is COC1(C(=O)c2c(Br)nnn2C)CCCCCC1. The molecule has 1 fully saturated rings. The molecule has 2 rings (SSSR count). The molecule has 18 heavy (non-hydrogen) atoms. The van der Waals surface area contributed by atoms with Crippen LogP contribution in [0.3, 0.4) is 0 Å². The summed E-state index contributed by atoms with van der Waals surface area (Å²) in [5.41, 5.74) is -0.201. The van der Waals surface area contributed by atoms with Gasteiger partial charge in [0.05, 0.1) is 0 Å². The standard InChI is InChI=1S/C12H18BrN3O2/c1-16-9(11(13)14-15-16)10(17)12(18-2)7-5-3-4-6-8-12/h3-8H2,1-2H3. The van der Waals surface area contributed by atoms with Crippen LogP contribution < -0.4 is 0 Å². The van der Waals surface area contributed by atoms with E-state index in [0.29, 0.717) is 10.3 Å². The number of Topliss-reactive ketones (excluding diaryl/α,β-unsaturated/α-hetero) is 1. The summed E-state index contributed by atoms with van der Waals surface area (Å²) in [6.45, 7) is 0. The highest BCUT2D eigenvalue weighted by Crippen LogP contribution is 2.34. The van der Waals surface area contributed by atoms with Crippen molar-refractivity contribution >= 4 is 21.7 Å². The zero-order chi connectivity index (χ0) is 13.2. The molecule has 0 atom stereocenters. The van der Waals surface area contributed by atoms with Crippen molar-refractivity contribution in [3.8, 4) is 0 Å². The van der Waals surface area contributed by atoms with Crippen LogP contribution in [-0.2, 0) is 11.8 Å². The monoisotopic (exact) mass is 315 g/mol. The minimum Gasteiger partial charge on any atom is -0.370 e. The van der Waals surface area contributed by atoms with Gasteiger partial charge in [-0.05, 0) is 28.8 Å². The highest BCUT2D eigenvalue weighted by atomic mass is 79.9. The van der Waals surface area contributed by atoms with E-state index in [4.69, 9.17) is 4.74 Å². The molecule has 1 heterocycles. The van der Waals surface area contributed by atoms with E-state index in [0.717, 1.165) is 25.7 Å². The minimum absolute atomic E-state index is 0.00808. The smallest absolute Gasteiger partial charge is 0.215 e. The molecule has 1 aliphatic carbocycles. The van der Waals surface area contributed by atoms with Gasteiger partial charge in [-0.2, -0.15) is 0 Å². The molecule has 100 valence electrons. The molecule has 1 aromatic rings. The molecule has 6 heteroatoms. The van der Waals surface area contributed by atoms with Crippen LogP contribution in [0.2, 0.25) is 0 Å². The third kappa shape index (κ3) is 2.36. The van der Waals surface area contributed by atoms with E-state index in [1.165, 1.54) is 17.5 Å². The lowest BCUT2D eigenvalue weighted by atomic mass is 9.88. The normalized spacial score (nSPS) is 19.5. The maximum Gasteiger partial charge on any atom is 0.215 e. The highest BCUT2D eigenvalue weighted by Gasteiger charge is 2.41. The van der Waals surface area contributed by atoms with Gasteiger partial charge < -0.3 is 4.74 Å². The number of hydrogen-bond donors (Lipinski definition) is 0. The number of rotatable bonds is 3. The molecule has 0 bridgehead atoms. The quantitative estimate of drug-likeness (QED) is 0.635. The summed E-state index contributed by atoms with van der Waals surface area (Å²) < 4.78 is 7.62. The van der Waals surface area contributed by atoms with Crippen molar-refractivity contribution in [1.29, 1.82) is 0 Å². The lowest BCUT2D eigenvalue weighted by molar-refractivity contribution is -0.00771. The van der Waals surface area contributed by atoms with E-state index in [2.05, 4.69) is 26.2 Å². The summed E-state index contributed by atoms with van der Waals surface area (Å²) in [6.07, 6.45) is 5.96. The molecule has 0 radical (unpaired) electrons. The second-order valence-corrected chi connectivity index (χ2v) is 5.55. The summed E-state index contributed by atoms with van der Waals surface area (Å²) >= 11 is 3.29. The third-order valence-corrected chi connectivity index (χ3v) is 4.25. The fourth-order valence-electron chi connectivity index (χ4n) is 2.61. The van der Waals surface area contributed by atoms with Gasteiger partial charge in [-0.25, -0.2) is 4.68 Å². The Balaban J connectivity index is 2.35. The summed E-state index contributed by atoms with van der Waals surface area (Å²) in [5.74, 6) is -0.00808. The minimum atomic E-state index is -0.700. The second kappa shape index (κ2) is 5.48. The topological polar surface area (TPSA) is 57.0 Å². The van der Waals surface area contributed by atoms with Gasteiger partial charge in [-0.1, -0.05) is 30.9 Å². The van der Waals surface area contributed by atoms with Crippen molar-refractivity contribution in [2.24, 2.45) is 7.05 Å². The van der Waals surface area contributed by atoms with Crippen molar-refractivity contribution < 1.29 is 9.53 Å². The van der Waals surface area contributed by atoms with Crippen LogP contribution in [-0.4, -0.2) is 33.5 Å². The van der Waals surface area contributed by atoms with Gasteiger partial charge in [-0.15, -0.1) is 5.10 Å². The Kier molecular flexibility index (Phi) is 4.17. The summed E-state index contributed by atoms with van der Waals surface area (Å²) in [4.78, 5) is 12.8. The van der Waals surface area contributed by atoms with E-state index in [1.807, 2.05) is 0 Å². The Morgan fingerprint density at radius 2 is 1.94 bits per heavy atom. The number of carbonyl (C=O) groups excluding carboxylic acids is 1. The molecule has 0 N–H and O–H groups in total. The molecule has 1 saturated carbocycles. The second-order valence-electron chi connectivity index (χ2n) is 4.79. The molecule has 5 nitrogen and oxygen atoms in total. The number of ketones is 1. The van der Waals surface area contributed by atoms with Crippen LogP contribution in [0, 0.1) is 0 Å². The first kappa shape index (κ1) is 13.7. The van der Waals surface area contributed by atoms with Crippen molar-refractivity contribution in [3.05, 3.63) is 10.3 Å². The van der Waals surface area contributed by atoms with Gasteiger partial charge in [-0.3, -0.25) is 4.79 Å². The first-order valence-corrected chi connectivity index (χ1v) is 7.05. The average Bonchev–Trinajstić information content (AvgIpc) is 2.59. The van der Waals surface area contributed by atoms with E-state index in [9.17, 15) is 4.79 Å². The van der Waals surface area contributed by atoms with E-state index in [-0.39, 0.29) is 5.78 Å². The van der Waals surface area contributed by atoms with Gasteiger partial charge in [0.1, 0.15) is 11.3 Å². The molecule has 0 amide bonds. The number of ether oxygens (including phenoxy) is 1. The number of nitrogens with zero attached hydrogens (tertiary/aromatic N) is 3. The number of halogens is 1. The van der Waals surface area contributed by atoms with Crippen LogP contribution >= 0.6 is 15.9 Å². The van der Waals surface area contributed by atoms with Crippen molar-refractivity contribution in [1.82, 2.24) is 15.0 Å². The largest absolute Gasteiger partial charge is 0.370 e. The lowest BCUT2D eigenvalue weighted by Crippen LogP contribution is -2.41. The molecule has 1 aliphatic rings. The molecule has 0 unspecified atom stereocenters. The zero-order valence-electron chi connectivity index (χ0n) is 10.8. The van der Waals surface area contributed by atoms with Crippen molar-refractivity contribution in [2.75, 3.05) is 7.11 Å². The number of methoxy groups -OCH3 is 1. The summed E-state index contributed by atoms with van der Waals surface area (Å²) in [7, 11) is 3.35. The number of aryl methyl sites for hydroxylation is 1. The average molecular weight is 316 g/mol. The fourth-order valence-corrected chi connectivity index (χ4v) is 3.12. The highest BCUT2D eigenvalue weighted by molar-refractivity contribution is 9.10. The Bertz CT molecular complexity index is 417. The van der Waals surface area contributed by atoms with Crippen molar-refractivity contribution in [3.63, 3.8) is 0 Å². The van der Waals surface area contributed by atoms with Crippen LogP contribution in [0.25, 0.3) is 0 Å². The molecular weight excluding hydrogens is 298 g/mol. The Labute approximate surface area is 115 Å². The maximum atomic E-state index is 12.8. The Hall–Kier alpha value is -0.750. The van der Waals surface area contributed by atoms with Gasteiger partial charge in [0.2, 0.25) is 5.78 Å². The molecule has 0 aliphatic heterocycles. The molecule has 1 aromatic heterocycles. The van der Waals surface area contributed by atoms with Gasteiger partial charge in [0.15, 0.2) is 4.60 Å². The number of hydrogen-bond acceptors (Lipinski definition) is 4. The molecule has 0 spiro atoms. The maximum absolute atomic E-state index is 12.8. The molecule has 0 saturated heterocycles. The molecule has 0 aromatic carbocycles. The lowest BCUT2D eigenvalue weighted by Gasteiger charge is -2.29. The van der Waals surface area contributed by atoms with Crippen LogP contribution in [0.1, 0.15) is 49.0 Å². The third-order valence-electron chi connectivity index (χ3n) is 3.72. The van der Waals surface area contributed by atoms with Crippen LogP contribution in [0.4, 0.5) is 0 Å². The Morgan fingerprint density at radius 1 is 1.33 bits per heavy atom. The van der Waals surface area contributed by atoms with Crippen LogP contribution in [0.15, 0.2) is 4.60 Å². The summed E-state index contributed by atoms with van der Waals surface area (Å²) in [5, 5.41) is 7.74. The predicted molar refractivity (Wildman–Crippen MR) is 70.5 cm³/mol. The predicted octanol–water partition coefficient (Wildman–Crippen LogP) is 2.50. The summed E-state index contributed by atoms with van der Waals surface area (Å²) in [6, 6.07) is 0. The number of aromatic nitrogens is 3. The van der Waals surface area contributed by atoms with Gasteiger partial charge >= 0.3 is 0 Å². The van der Waals surface area contributed by atoms with Crippen LogP contribution in [0.5, 0.6) is 0 Å². The fraction of sp³-hybridized carbons (Fsp3) is 0.750. The van der Waals surface area contributed by atoms with E-state index >= 15 is 0 Å². The first-order valence-electron chi connectivity index (χ1n) is 6.26. The van der Waals surface area contributed by atoms with E-state index in [1.54, 1.807) is 14.2 Å². The van der Waals surface area contributed by atoms with Gasteiger partial charge in [0, 0.05) is 14.2 Å². The first-order chi connectivity index (χ1) is 8.60. The Morgan fingerprint density at radius 3 is 2.39 bits per heavy atom. The zero-order valence-corrected chi connectivity index (χ0v) is 12.4. The molecular formula is C12H18BrN3O2. The van der Waals surface area contributed by atoms with Gasteiger partial charge in [0.25, 0.3) is 0 Å². The van der Waals surface area contributed by atoms with Crippen molar-refractivity contribution in [2.45, 2.75) is 44.1 Å². The number of carbonyl (C=O) groups is 1. The van der Waals surface area contributed by atoms with E-state index < -0.39 is 5.60 Å².